The Balaban J connectivity index is 1.82. The minimum atomic E-state index is 0.0241. The predicted molar refractivity (Wildman–Crippen MR) is 106 cm³/mol. The summed E-state index contributed by atoms with van der Waals surface area (Å²) < 4.78 is 0. The van der Waals surface area contributed by atoms with Crippen LogP contribution in [0, 0.1) is 13.8 Å². The molecule has 2 amide bonds. The summed E-state index contributed by atoms with van der Waals surface area (Å²) in [5.74, 6) is 0. The first-order valence-electron chi connectivity index (χ1n) is 9.26. The van der Waals surface area contributed by atoms with Gasteiger partial charge in [-0.1, -0.05) is 31.4 Å². The summed E-state index contributed by atoms with van der Waals surface area (Å²) in [6.07, 6.45) is 5.94. The van der Waals surface area contributed by atoms with Gasteiger partial charge >= 0.3 is 6.03 Å². The van der Waals surface area contributed by atoms with Gasteiger partial charge in [-0.2, -0.15) is 0 Å². The number of carbonyl (C=O) groups is 1. The molecule has 1 aromatic heterocycles. The molecule has 0 unspecified atom stereocenters. The fourth-order valence-electron chi connectivity index (χ4n) is 3.69. The van der Waals surface area contributed by atoms with Gasteiger partial charge in [0, 0.05) is 16.6 Å². The molecule has 134 valence electrons. The van der Waals surface area contributed by atoms with E-state index in [4.69, 9.17) is 0 Å². The number of aryl methyl sites for hydroxylation is 2. The fraction of sp³-hybridized carbons (Fsp3) is 0.476. The maximum Gasteiger partial charge on any atom is 0.322 e. The van der Waals surface area contributed by atoms with Crippen LogP contribution >= 0.6 is 11.3 Å². The smallest absolute Gasteiger partial charge is 0.314 e. The number of hydrogen-bond acceptors (Lipinski definition) is 2. The van der Waals surface area contributed by atoms with Gasteiger partial charge in [-0.05, 0) is 68.3 Å². The minimum absolute atomic E-state index is 0.0241. The van der Waals surface area contributed by atoms with E-state index >= 15 is 0 Å². The van der Waals surface area contributed by atoms with Gasteiger partial charge in [0.15, 0.2) is 0 Å². The van der Waals surface area contributed by atoms with Crippen molar-refractivity contribution in [3.63, 3.8) is 0 Å². The molecule has 2 aromatic rings. The molecule has 1 saturated carbocycles. The number of amides is 2. The van der Waals surface area contributed by atoms with Gasteiger partial charge in [-0.25, -0.2) is 4.79 Å². The molecule has 0 spiro atoms. The third kappa shape index (κ3) is 4.24. The Labute approximate surface area is 155 Å². The summed E-state index contributed by atoms with van der Waals surface area (Å²) in [5, 5.41) is 5.23. The number of anilines is 1. The van der Waals surface area contributed by atoms with Crippen LogP contribution in [0.3, 0.4) is 0 Å². The molecule has 1 heterocycles. The Hall–Kier alpha value is -1.81. The van der Waals surface area contributed by atoms with E-state index in [9.17, 15) is 4.79 Å². The lowest BCUT2D eigenvalue weighted by Gasteiger charge is -2.38. The van der Waals surface area contributed by atoms with Gasteiger partial charge in [-0.3, -0.25) is 0 Å². The maximum atomic E-state index is 13.2. The molecule has 4 heteroatoms. The Morgan fingerprint density at radius 1 is 1.16 bits per heavy atom. The third-order valence-electron chi connectivity index (χ3n) is 5.33. The highest BCUT2D eigenvalue weighted by Gasteiger charge is 2.30. The molecule has 0 aliphatic heterocycles. The number of urea groups is 1. The van der Waals surface area contributed by atoms with Crippen LogP contribution in [-0.4, -0.2) is 17.0 Å². The molecule has 0 bridgehead atoms. The molecule has 1 N–H and O–H groups in total. The summed E-state index contributed by atoms with van der Waals surface area (Å²) in [7, 11) is 0. The number of thiophene rings is 1. The van der Waals surface area contributed by atoms with Crippen molar-refractivity contribution in [2.24, 2.45) is 0 Å². The van der Waals surface area contributed by atoms with Crippen LogP contribution in [0.5, 0.6) is 0 Å². The van der Waals surface area contributed by atoms with Crippen molar-refractivity contribution in [1.82, 2.24) is 4.90 Å². The van der Waals surface area contributed by atoms with E-state index < -0.39 is 0 Å². The van der Waals surface area contributed by atoms with Gasteiger partial charge in [0.2, 0.25) is 0 Å². The summed E-state index contributed by atoms with van der Waals surface area (Å²) in [5.41, 5.74) is 3.33. The van der Waals surface area contributed by atoms with E-state index in [2.05, 4.69) is 60.6 Å². The Bertz CT molecular complexity index is 705. The summed E-state index contributed by atoms with van der Waals surface area (Å²) in [4.78, 5) is 16.5. The predicted octanol–water partition coefficient (Wildman–Crippen LogP) is 6.29. The highest BCUT2D eigenvalue weighted by atomic mass is 32.1. The van der Waals surface area contributed by atoms with Crippen molar-refractivity contribution in [3.8, 4) is 0 Å². The Morgan fingerprint density at radius 2 is 1.92 bits per heavy atom. The molecule has 1 aliphatic carbocycles. The lowest BCUT2D eigenvalue weighted by atomic mass is 9.93. The standard InChI is InChI=1S/C21H28N2OS/c1-15-11-12-18(14-16(15)2)22-21(24)23(19-8-5-4-6-9-19)17(3)20-10-7-13-25-20/h7,10-14,17,19H,4-6,8-9H2,1-3H3,(H,22,24)/t17-/m0/s1. The fourth-order valence-corrected chi connectivity index (χ4v) is 4.47. The maximum absolute atomic E-state index is 13.2. The van der Waals surface area contributed by atoms with Crippen LogP contribution in [0.1, 0.15) is 61.1 Å². The molecule has 25 heavy (non-hydrogen) atoms. The first-order valence-corrected chi connectivity index (χ1v) is 10.1. The van der Waals surface area contributed by atoms with E-state index in [1.54, 1.807) is 11.3 Å². The second-order valence-electron chi connectivity index (χ2n) is 7.12. The summed E-state index contributed by atoms with van der Waals surface area (Å²) in [6, 6.07) is 10.8. The lowest BCUT2D eigenvalue weighted by molar-refractivity contribution is 0.140. The van der Waals surface area contributed by atoms with Crippen molar-refractivity contribution in [2.75, 3.05) is 5.32 Å². The lowest BCUT2D eigenvalue weighted by Crippen LogP contribution is -2.45. The highest BCUT2D eigenvalue weighted by Crippen LogP contribution is 2.32. The van der Waals surface area contributed by atoms with E-state index in [0.29, 0.717) is 6.04 Å². The molecule has 3 nitrogen and oxygen atoms in total. The van der Waals surface area contributed by atoms with Gasteiger partial charge in [0.05, 0.1) is 6.04 Å². The second-order valence-corrected chi connectivity index (χ2v) is 8.10. The molecule has 1 aromatic carbocycles. The van der Waals surface area contributed by atoms with E-state index in [-0.39, 0.29) is 12.1 Å². The van der Waals surface area contributed by atoms with E-state index in [0.717, 1.165) is 18.5 Å². The Morgan fingerprint density at radius 3 is 2.56 bits per heavy atom. The highest BCUT2D eigenvalue weighted by molar-refractivity contribution is 7.10. The number of nitrogens with one attached hydrogen (secondary N) is 1. The quantitative estimate of drug-likeness (QED) is 0.685. The van der Waals surface area contributed by atoms with Crippen LogP contribution in [0.4, 0.5) is 10.5 Å². The molecular formula is C21H28N2OS. The van der Waals surface area contributed by atoms with Gasteiger partial charge in [0.1, 0.15) is 0 Å². The number of carbonyl (C=O) groups excluding carboxylic acids is 1. The molecular weight excluding hydrogens is 328 g/mol. The number of benzene rings is 1. The molecule has 3 rings (SSSR count). The van der Waals surface area contributed by atoms with Crippen molar-refractivity contribution >= 4 is 23.1 Å². The van der Waals surface area contributed by atoms with Crippen LogP contribution in [0.25, 0.3) is 0 Å². The van der Waals surface area contributed by atoms with Crippen LogP contribution in [0.2, 0.25) is 0 Å². The number of rotatable bonds is 4. The average Bonchev–Trinajstić information content (AvgIpc) is 3.14. The Kier molecular flexibility index (Phi) is 5.79. The first kappa shape index (κ1) is 18.0. The topological polar surface area (TPSA) is 32.3 Å². The largest absolute Gasteiger partial charge is 0.322 e. The normalized spacial score (nSPS) is 16.4. The van der Waals surface area contributed by atoms with Gasteiger partial charge < -0.3 is 10.2 Å². The molecule has 1 atom stereocenters. The zero-order valence-electron chi connectivity index (χ0n) is 15.4. The van der Waals surface area contributed by atoms with Gasteiger partial charge in [0.25, 0.3) is 0 Å². The second kappa shape index (κ2) is 8.05. The zero-order chi connectivity index (χ0) is 17.8. The molecule has 0 radical (unpaired) electrons. The van der Waals surface area contributed by atoms with E-state index in [1.165, 1.54) is 35.3 Å². The average molecular weight is 357 g/mol. The third-order valence-corrected chi connectivity index (χ3v) is 6.38. The number of hydrogen-bond donors (Lipinski definition) is 1. The van der Waals surface area contributed by atoms with E-state index in [1.807, 2.05) is 6.07 Å². The molecule has 1 fully saturated rings. The molecule has 1 aliphatic rings. The molecule has 0 saturated heterocycles. The van der Waals surface area contributed by atoms with Crippen LogP contribution in [-0.2, 0) is 0 Å². The first-order chi connectivity index (χ1) is 12.1. The van der Waals surface area contributed by atoms with Crippen molar-refractivity contribution in [2.45, 2.75) is 65.0 Å². The monoisotopic (exact) mass is 356 g/mol. The van der Waals surface area contributed by atoms with Gasteiger partial charge in [-0.15, -0.1) is 11.3 Å². The SMILES string of the molecule is Cc1ccc(NC(=O)N(C2CCCCC2)[C@@H](C)c2cccs2)cc1C. The van der Waals surface area contributed by atoms with Crippen LogP contribution < -0.4 is 5.32 Å². The summed E-state index contributed by atoms with van der Waals surface area (Å²) in [6.45, 7) is 6.33. The van der Waals surface area contributed by atoms with Crippen molar-refractivity contribution in [3.05, 3.63) is 51.7 Å². The van der Waals surface area contributed by atoms with Crippen molar-refractivity contribution < 1.29 is 4.79 Å². The summed E-state index contributed by atoms with van der Waals surface area (Å²) >= 11 is 1.73. The minimum Gasteiger partial charge on any atom is -0.314 e. The van der Waals surface area contributed by atoms with Crippen molar-refractivity contribution in [1.29, 1.82) is 0 Å². The zero-order valence-corrected chi connectivity index (χ0v) is 16.2. The van der Waals surface area contributed by atoms with Crippen LogP contribution in [0.15, 0.2) is 35.7 Å². The number of nitrogens with zero attached hydrogens (tertiary/aromatic N) is 1.